The van der Waals surface area contributed by atoms with Gasteiger partial charge in [0.2, 0.25) is 0 Å². The van der Waals surface area contributed by atoms with E-state index in [9.17, 15) is 0 Å². The number of rotatable bonds is 1. The zero-order valence-electron chi connectivity index (χ0n) is 8.93. The molecule has 0 heterocycles. The van der Waals surface area contributed by atoms with Crippen LogP contribution >= 0.6 is 0 Å². The van der Waals surface area contributed by atoms with Gasteiger partial charge in [-0.25, -0.2) is 0 Å². The standard InChI is InChI=1S/C16H12/c1-2-7-13(8-3-1)15-11-6-12-16(15)14-9-4-5-10-14/h1-12H. The van der Waals surface area contributed by atoms with E-state index >= 15 is 0 Å². The van der Waals surface area contributed by atoms with Crippen LogP contribution in [0, 0.1) is 0 Å². The Balaban J connectivity index is 2.08. The molecule has 1 aromatic rings. The van der Waals surface area contributed by atoms with Crippen LogP contribution in [-0.4, -0.2) is 0 Å². The number of hydrogen-bond acceptors (Lipinski definition) is 0. The zero-order chi connectivity index (χ0) is 10.8. The van der Waals surface area contributed by atoms with Crippen molar-refractivity contribution in [2.45, 2.75) is 0 Å². The second-order valence-electron chi connectivity index (χ2n) is 3.89. The minimum Gasteiger partial charge on any atom is -0.0622 e. The quantitative estimate of drug-likeness (QED) is 0.647. The summed E-state index contributed by atoms with van der Waals surface area (Å²) >= 11 is 0. The predicted octanol–water partition coefficient (Wildman–Crippen LogP) is 4.06. The lowest BCUT2D eigenvalue weighted by Gasteiger charge is -2.07. The summed E-state index contributed by atoms with van der Waals surface area (Å²) in [4.78, 5) is 0. The minimum atomic E-state index is 1.28. The highest BCUT2D eigenvalue weighted by atomic mass is 14.2. The van der Waals surface area contributed by atoms with E-state index in [4.69, 9.17) is 0 Å². The Kier molecular flexibility index (Phi) is 2.19. The molecule has 0 saturated heterocycles. The van der Waals surface area contributed by atoms with Gasteiger partial charge in [-0.05, 0) is 22.3 Å². The topological polar surface area (TPSA) is 0 Å². The summed E-state index contributed by atoms with van der Waals surface area (Å²) in [5, 5.41) is 0. The van der Waals surface area contributed by atoms with Crippen molar-refractivity contribution >= 4 is 5.57 Å². The van der Waals surface area contributed by atoms with Gasteiger partial charge in [0, 0.05) is 0 Å². The first-order valence-corrected chi connectivity index (χ1v) is 5.48. The van der Waals surface area contributed by atoms with Gasteiger partial charge >= 0.3 is 0 Å². The molecule has 0 unspecified atom stereocenters. The summed E-state index contributed by atoms with van der Waals surface area (Å²) in [6, 6.07) is 10.5. The SMILES string of the molecule is C1=CC(=C2C=CC=C2c2ccccc2)C=C1. The van der Waals surface area contributed by atoms with Crippen LogP contribution in [0.3, 0.4) is 0 Å². The molecule has 0 heteroatoms. The second-order valence-corrected chi connectivity index (χ2v) is 3.89. The Labute approximate surface area is 95.6 Å². The minimum absolute atomic E-state index is 1.28. The van der Waals surface area contributed by atoms with Crippen molar-refractivity contribution in [3.05, 3.63) is 89.6 Å². The lowest BCUT2D eigenvalue weighted by Crippen LogP contribution is -1.87. The second kappa shape index (κ2) is 3.82. The first-order chi connectivity index (χ1) is 7.95. The summed E-state index contributed by atoms with van der Waals surface area (Å²) in [5.74, 6) is 0. The van der Waals surface area contributed by atoms with Crippen LogP contribution < -0.4 is 0 Å². The van der Waals surface area contributed by atoms with E-state index in [2.05, 4.69) is 72.9 Å². The van der Waals surface area contributed by atoms with Gasteiger partial charge in [-0.3, -0.25) is 0 Å². The smallest absolute Gasteiger partial charge is 0.0105 e. The van der Waals surface area contributed by atoms with Gasteiger partial charge < -0.3 is 0 Å². The molecule has 0 fully saturated rings. The van der Waals surface area contributed by atoms with Crippen LogP contribution in [0.1, 0.15) is 5.56 Å². The highest BCUT2D eigenvalue weighted by molar-refractivity contribution is 5.88. The average Bonchev–Trinajstić information content (AvgIpc) is 3.01. The Hall–Kier alpha value is -2.08. The van der Waals surface area contributed by atoms with E-state index in [1.54, 1.807) is 0 Å². The zero-order valence-corrected chi connectivity index (χ0v) is 8.93. The van der Waals surface area contributed by atoms with Crippen molar-refractivity contribution in [3.63, 3.8) is 0 Å². The molecule has 76 valence electrons. The van der Waals surface area contributed by atoms with Gasteiger partial charge in [0.05, 0.1) is 0 Å². The number of allylic oxidation sites excluding steroid dienone is 10. The van der Waals surface area contributed by atoms with E-state index in [1.165, 1.54) is 22.3 Å². The Morgan fingerprint density at radius 3 is 2.19 bits per heavy atom. The van der Waals surface area contributed by atoms with E-state index in [0.717, 1.165) is 0 Å². The highest BCUT2D eigenvalue weighted by Crippen LogP contribution is 2.32. The molecule has 2 aliphatic carbocycles. The Bertz CT molecular complexity index is 535. The van der Waals surface area contributed by atoms with E-state index in [1.807, 2.05) is 0 Å². The molecular formula is C16H12. The summed E-state index contributed by atoms with van der Waals surface area (Å²) < 4.78 is 0. The highest BCUT2D eigenvalue weighted by Gasteiger charge is 2.12. The van der Waals surface area contributed by atoms with Crippen molar-refractivity contribution in [3.8, 4) is 0 Å². The first kappa shape index (κ1) is 9.17. The molecule has 3 rings (SSSR count). The van der Waals surface area contributed by atoms with Crippen molar-refractivity contribution in [2.75, 3.05) is 0 Å². The molecule has 0 spiro atoms. The predicted molar refractivity (Wildman–Crippen MR) is 68.9 cm³/mol. The van der Waals surface area contributed by atoms with Crippen molar-refractivity contribution in [1.29, 1.82) is 0 Å². The van der Waals surface area contributed by atoms with Crippen molar-refractivity contribution in [2.24, 2.45) is 0 Å². The maximum Gasteiger partial charge on any atom is -0.0105 e. The lowest BCUT2D eigenvalue weighted by atomic mass is 9.97. The van der Waals surface area contributed by atoms with E-state index < -0.39 is 0 Å². The van der Waals surface area contributed by atoms with Gasteiger partial charge in [-0.15, -0.1) is 0 Å². The first-order valence-electron chi connectivity index (χ1n) is 5.48. The fourth-order valence-electron chi connectivity index (χ4n) is 2.09. The monoisotopic (exact) mass is 204 g/mol. The number of benzene rings is 1. The van der Waals surface area contributed by atoms with Crippen LogP contribution in [0.2, 0.25) is 0 Å². The summed E-state index contributed by atoms with van der Waals surface area (Å²) in [6.45, 7) is 0. The normalized spacial score (nSPS) is 17.4. The third-order valence-electron chi connectivity index (χ3n) is 2.87. The van der Waals surface area contributed by atoms with Gasteiger partial charge in [0.25, 0.3) is 0 Å². The summed E-state index contributed by atoms with van der Waals surface area (Å²) in [5.41, 5.74) is 5.20. The molecule has 0 aromatic heterocycles. The maximum atomic E-state index is 2.18. The molecule has 0 bridgehead atoms. The van der Waals surface area contributed by atoms with Gasteiger partial charge in [-0.1, -0.05) is 72.9 Å². The van der Waals surface area contributed by atoms with Gasteiger partial charge in [0.15, 0.2) is 0 Å². The van der Waals surface area contributed by atoms with Crippen molar-refractivity contribution < 1.29 is 0 Å². The molecule has 1 aromatic carbocycles. The fraction of sp³-hybridized carbons (Fsp3) is 0. The fourth-order valence-corrected chi connectivity index (χ4v) is 2.09. The Morgan fingerprint density at radius 1 is 0.688 bits per heavy atom. The Morgan fingerprint density at radius 2 is 1.44 bits per heavy atom. The van der Waals surface area contributed by atoms with Crippen molar-refractivity contribution in [1.82, 2.24) is 0 Å². The van der Waals surface area contributed by atoms with E-state index in [-0.39, 0.29) is 0 Å². The van der Waals surface area contributed by atoms with Crippen LogP contribution in [0.25, 0.3) is 5.57 Å². The molecule has 0 radical (unpaired) electrons. The molecule has 0 saturated carbocycles. The summed E-state index contributed by atoms with van der Waals surface area (Å²) in [7, 11) is 0. The summed E-state index contributed by atoms with van der Waals surface area (Å²) in [6.07, 6.45) is 14.9. The molecule has 0 aliphatic heterocycles. The maximum absolute atomic E-state index is 2.18. The third-order valence-corrected chi connectivity index (χ3v) is 2.87. The van der Waals surface area contributed by atoms with Crippen LogP contribution in [0.5, 0.6) is 0 Å². The average molecular weight is 204 g/mol. The number of hydrogen-bond donors (Lipinski definition) is 0. The third kappa shape index (κ3) is 1.49. The lowest BCUT2D eigenvalue weighted by molar-refractivity contribution is 1.56. The van der Waals surface area contributed by atoms with Crippen LogP contribution in [0.15, 0.2) is 84.0 Å². The van der Waals surface area contributed by atoms with E-state index in [0.29, 0.717) is 0 Å². The molecule has 0 N–H and O–H groups in total. The molecule has 0 atom stereocenters. The molecule has 0 amide bonds. The molecule has 0 nitrogen and oxygen atoms in total. The van der Waals surface area contributed by atoms with Gasteiger partial charge in [-0.2, -0.15) is 0 Å². The van der Waals surface area contributed by atoms with Crippen LogP contribution in [-0.2, 0) is 0 Å². The molecule has 2 aliphatic rings. The molecule has 16 heavy (non-hydrogen) atoms. The molecular weight excluding hydrogens is 192 g/mol. The van der Waals surface area contributed by atoms with Gasteiger partial charge in [0.1, 0.15) is 0 Å². The largest absolute Gasteiger partial charge is 0.0622 e. The van der Waals surface area contributed by atoms with Crippen LogP contribution in [0.4, 0.5) is 0 Å².